The van der Waals surface area contributed by atoms with Gasteiger partial charge in [0.15, 0.2) is 5.76 Å². The zero-order valence-corrected chi connectivity index (χ0v) is 19.3. The summed E-state index contributed by atoms with van der Waals surface area (Å²) in [6.07, 6.45) is 0. The van der Waals surface area contributed by atoms with Crippen LogP contribution in [0.25, 0.3) is 11.7 Å². The highest BCUT2D eigenvalue weighted by atomic mass is 16.5. The first-order chi connectivity index (χ1) is 17.1. The summed E-state index contributed by atoms with van der Waals surface area (Å²) in [6, 6.07) is 22.7. The Morgan fingerprint density at radius 1 is 1.00 bits per heavy atom. The molecule has 35 heavy (non-hydrogen) atoms. The fraction of sp³-hybridized carbons (Fsp3) is 0.222. The van der Waals surface area contributed by atoms with E-state index >= 15 is 0 Å². The first-order valence-corrected chi connectivity index (χ1v) is 11.4. The van der Waals surface area contributed by atoms with Crippen LogP contribution in [0.3, 0.4) is 0 Å². The van der Waals surface area contributed by atoms with Gasteiger partial charge in [-0.3, -0.25) is 4.79 Å². The Hall–Kier alpha value is -4.51. The highest BCUT2D eigenvalue weighted by Gasteiger charge is 2.27. The number of anilines is 1. The van der Waals surface area contributed by atoms with Gasteiger partial charge >= 0.3 is 0 Å². The Morgan fingerprint density at radius 2 is 1.74 bits per heavy atom. The van der Waals surface area contributed by atoms with E-state index in [1.807, 2.05) is 71.3 Å². The minimum Gasteiger partial charge on any atom is -0.486 e. The number of aromatic nitrogens is 1. The largest absolute Gasteiger partial charge is 0.486 e. The Morgan fingerprint density at radius 3 is 2.46 bits per heavy atom. The number of hydrogen-bond acceptors (Lipinski definition) is 7. The number of amides is 1. The van der Waals surface area contributed by atoms with Gasteiger partial charge < -0.3 is 23.4 Å². The van der Waals surface area contributed by atoms with Crippen LogP contribution in [0.1, 0.15) is 27.4 Å². The fourth-order valence-corrected chi connectivity index (χ4v) is 3.94. The quantitative estimate of drug-likeness (QED) is 0.406. The number of nitriles is 1. The number of oxazole rings is 1. The minimum absolute atomic E-state index is 0.0000123. The summed E-state index contributed by atoms with van der Waals surface area (Å²) in [6.45, 7) is 4.41. The van der Waals surface area contributed by atoms with Gasteiger partial charge in [-0.25, -0.2) is 0 Å². The molecule has 1 aliphatic heterocycles. The molecule has 0 spiro atoms. The monoisotopic (exact) mass is 468 g/mol. The molecule has 0 bridgehead atoms. The maximum Gasteiger partial charge on any atom is 0.266 e. The van der Waals surface area contributed by atoms with E-state index in [-0.39, 0.29) is 24.1 Å². The molecule has 1 saturated heterocycles. The van der Waals surface area contributed by atoms with Gasteiger partial charge in [0.05, 0.1) is 0 Å². The predicted octanol–water partition coefficient (Wildman–Crippen LogP) is 4.66. The Kier molecular flexibility index (Phi) is 6.22. The molecule has 2 aromatic heterocycles. The number of aryl methyl sites for hydroxylation is 1. The standard InChI is InChI=1S/C27H24N4O4/c1-19-7-9-21(10-8-19)33-18-22-11-12-24(34-22)25-29-23(17-28)27(35-25)31-15-13-30(14-16-31)26(32)20-5-3-2-4-6-20/h2-12H,13-16,18H2,1H3. The lowest BCUT2D eigenvalue weighted by atomic mass is 10.2. The maximum atomic E-state index is 12.7. The molecule has 8 heteroatoms. The molecule has 1 aliphatic rings. The topological polar surface area (TPSA) is 95.7 Å². The molecule has 0 saturated carbocycles. The summed E-state index contributed by atoms with van der Waals surface area (Å²) in [4.78, 5) is 20.8. The molecule has 3 heterocycles. The van der Waals surface area contributed by atoms with Crippen molar-refractivity contribution in [2.24, 2.45) is 0 Å². The molecule has 176 valence electrons. The van der Waals surface area contributed by atoms with Gasteiger partial charge in [0, 0.05) is 31.7 Å². The lowest BCUT2D eigenvalue weighted by Crippen LogP contribution is -2.48. The summed E-state index contributed by atoms with van der Waals surface area (Å²) in [5.74, 6) is 2.42. The third-order valence-corrected chi connectivity index (χ3v) is 5.86. The molecule has 0 radical (unpaired) electrons. The number of benzene rings is 2. The molecule has 8 nitrogen and oxygen atoms in total. The van der Waals surface area contributed by atoms with E-state index in [0.29, 0.717) is 49.1 Å². The van der Waals surface area contributed by atoms with Gasteiger partial charge in [0.25, 0.3) is 11.8 Å². The summed E-state index contributed by atoms with van der Waals surface area (Å²) in [5, 5.41) is 9.62. The van der Waals surface area contributed by atoms with Crippen LogP contribution in [-0.2, 0) is 6.61 Å². The maximum absolute atomic E-state index is 12.7. The molecule has 1 amide bonds. The van der Waals surface area contributed by atoms with Crippen LogP contribution >= 0.6 is 0 Å². The number of nitrogens with zero attached hydrogens (tertiary/aromatic N) is 4. The van der Waals surface area contributed by atoms with E-state index in [1.54, 1.807) is 12.1 Å². The fourth-order valence-electron chi connectivity index (χ4n) is 3.94. The van der Waals surface area contributed by atoms with Crippen LogP contribution < -0.4 is 9.64 Å². The van der Waals surface area contributed by atoms with Crippen molar-refractivity contribution in [1.82, 2.24) is 9.88 Å². The molecular formula is C27H24N4O4. The normalized spacial score (nSPS) is 13.5. The van der Waals surface area contributed by atoms with Crippen LogP contribution in [0, 0.1) is 18.3 Å². The molecular weight excluding hydrogens is 444 g/mol. The molecule has 0 unspecified atom stereocenters. The second-order valence-electron chi connectivity index (χ2n) is 8.30. The minimum atomic E-state index is -0.0000123. The van der Waals surface area contributed by atoms with Crippen molar-refractivity contribution in [2.45, 2.75) is 13.5 Å². The second kappa shape index (κ2) is 9.77. The Balaban J connectivity index is 1.24. The van der Waals surface area contributed by atoms with Crippen molar-refractivity contribution < 1.29 is 18.4 Å². The van der Waals surface area contributed by atoms with E-state index in [2.05, 4.69) is 11.1 Å². The van der Waals surface area contributed by atoms with Crippen LogP contribution in [0.5, 0.6) is 5.75 Å². The molecule has 4 aromatic rings. The van der Waals surface area contributed by atoms with Crippen molar-refractivity contribution in [2.75, 3.05) is 31.1 Å². The van der Waals surface area contributed by atoms with Gasteiger partial charge in [-0.2, -0.15) is 10.2 Å². The Labute approximate surface area is 203 Å². The number of ether oxygens (including phenoxy) is 1. The van der Waals surface area contributed by atoms with Crippen LogP contribution in [0.15, 0.2) is 75.6 Å². The number of furan rings is 1. The molecule has 2 aromatic carbocycles. The first kappa shape index (κ1) is 22.3. The lowest BCUT2D eigenvalue weighted by molar-refractivity contribution is 0.0745. The summed E-state index contributed by atoms with van der Waals surface area (Å²) < 4.78 is 17.6. The average molecular weight is 469 g/mol. The highest BCUT2D eigenvalue weighted by Crippen LogP contribution is 2.30. The van der Waals surface area contributed by atoms with Gasteiger partial charge in [0.2, 0.25) is 11.6 Å². The van der Waals surface area contributed by atoms with Crippen molar-refractivity contribution in [1.29, 1.82) is 5.26 Å². The van der Waals surface area contributed by atoms with Gasteiger partial charge in [-0.15, -0.1) is 0 Å². The third-order valence-electron chi connectivity index (χ3n) is 5.86. The molecule has 5 rings (SSSR count). The van der Waals surface area contributed by atoms with Crippen LogP contribution in [-0.4, -0.2) is 42.0 Å². The second-order valence-corrected chi connectivity index (χ2v) is 8.30. The van der Waals surface area contributed by atoms with E-state index in [1.165, 1.54) is 0 Å². The number of carbonyl (C=O) groups excluding carboxylic acids is 1. The number of rotatable bonds is 6. The van der Waals surface area contributed by atoms with Gasteiger partial charge in [0.1, 0.15) is 24.2 Å². The summed E-state index contributed by atoms with van der Waals surface area (Å²) >= 11 is 0. The zero-order chi connectivity index (χ0) is 24.2. The van der Waals surface area contributed by atoms with E-state index in [4.69, 9.17) is 13.6 Å². The highest BCUT2D eigenvalue weighted by molar-refractivity contribution is 5.94. The predicted molar refractivity (Wildman–Crippen MR) is 129 cm³/mol. The van der Waals surface area contributed by atoms with Crippen LogP contribution in [0.2, 0.25) is 0 Å². The van der Waals surface area contributed by atoms with Crippen molar-refractivity contribution >= 4 is 11.8 Å². The molecule has 0 N–H and O–H groups in total. The van der Waals surface area contributed by atoms with E-state index < -0.39 is 0 Å². The molecule has 0 aliphatic carbocycles. The van der Waals surface area contributed by atoms with E-state index in [0.717, 1.165) is 11.3 Å². The summed E-state index contributed by atoms with van der Waals surface area (Å²) in [7, 11) is 0. The zero-order valence-electron chi connectivity index (χ0n) is 19.3. The SMILES string of the molecule is Cc1ccc(OCc2ccc(-c3nc(C#N)c(N4CCN(C(=O)c5ccccc5)CC4)o3)o2)cc1. The number of hydrogen-bond donors (Lipinski definition) is 0. The van der Waals surface area contributed by atoms with Crippen molar-refractivity contribution in [3.8, 4) is 23.5 Å². The van der Waals surface area contributed by atoms with Crippen molar-refractivity contribution in [3.05, 3.63) is 89.3 Å². The van der Waals surface area contributed by atoms with Crippen LogP contribution in [0.4, 0.5) is 5.88 Å². The summed E-state index contributed by atoms with van der Waals surface area (Å²) in [5.41, 5.74) is 2.02. The van der Waals surface area contributed by atoms with Crippen molar-refractivity contribution in [3.63, 3.8) is 0 Å². The number of piperazine rings is 1. The third kappa shape index (κ3) is 4.89. The van der Waals surface area contributed by atoms with E-state index in [9.17, 15) is 10.1 Å². The lowest BCUT2D eigenvalue weighted by Gasteiger charge is -2.34. The molecule has 1 fully saturated rings. The smallest absolute Gasteiger partial charge is 0.266 e. The Bertz CT molecular complexity index is 1340. The average Bonchev–Trinajstić information content (AvgIpc) is 3.56. The number of carbonyl (C=O) groups is 1. The van der Waals surface area contributed by atoms with Gasteiger partial charge in [-0.05, 0) is 43.3 Å². The first-order valence-electron chi connectivity index (χ1n) is 11.4. The van der Waals surface area contributed by atoms with Gasteiger partial charge in [-0.1, -0.05) is 35.9 Å². The molecule has 0 atom stereocenters.